The first kappa shape index (κ1) is 22.8. The molecule has 2 N–H and O–H groups in total. The zero-order valence-corrected chi connectivity index (χ0v) is 17.4. The standard InChI is InChI=1S/C22H31FN4O2/c1-5-14-24-19(29-4)15-25-21(28)20-26-18(12-13-23)22(3,6-2)27(20)16-17-10-8-7-9-11-17/h6-13,18-19,24H,2,5,14-16H2,1,3-4H3,(H,25,28)/b13-12+. The molecule has 158 valence electrons. The third-order valence-electron chi connectivity index (χ3n) is 5.11. The van der Waals surface area contributed by atoms with Crippen LogP contribution in [0.2, 0.25) is 0 Å². The van der Waals surface area contributed by atoms with Gasteiger partial charge in [-0.3, -0.25) is 15.1 Å². The quantitative estimate of drug-likeness (QED) is 0.441. The molecule has 1 aliphatic rings. The van der Waals surface area contributed by atoms with E-state index in [-0.39, 0.29) is 18.0 Å². The van der Waals surface area contributed by atoms with Crippen molar-refractivity contribution in [2.24, 2.45) is 4.99 Å². The number of methoxy groups -OCH3 is 1. The molecule has 0 aromatic heterocycles. The average Bonchev–Trinajstić information content (AvgIpc) is 3.01. The first-order valence-electron chi connectivity index (χ1n) is 9.84. The van der Waals surface area contributed by atoms with Crippen molar-refractivity contribution in [1.29, 1.82) is 0 Å². The van der Waals surface area contributed by atoms with Gasteiger partial charge in [0.2, 0.25) is 0 Å². The first-order chi connectivity index (χ1) is 14.0. The summed E-state index contributed by atoms with van der Waals surface area (Å²) < 4.78 is 18.4. The monoisotopic (exact) mass is 402 g/mol. The lowest BCUT2D eigenvalue weighted by atomic mass is 9.91. The molecule has 0 saturated heterocycles. The van der Waals surface area contributed by atoms with Crippen molar-refractivity contribution in [3.05, 3.63) is 61.0 Å². The van der Waals surface area contributed by atoms with Crippen LogP contribution in [0.1, 0.15) is 25.8 Å². The minimum absolute atomic E-state index is 0.254. The van der Waals surface area contributed by atoms with Gasteiger partial charge in [0.05, 0.1) is 24.5 Å². The van der Waals surface area contributed by atoms with Gasteiger partial charge in [-0.15, -0.1) is 6.58 Å². The Morgan fingerprint density at radius 3 is 2.76 bits per heavy atom. The molecular formula is C22H31FN4O2. The number of amides is 1. The van der Waals surface area contributed by atoms with Crippen LogP contribution >= 0.6 is 0 Å². The van der Waals surface area contributed by atoms with Gasteiger partial charge < -0.3 is 15.0 Å². The molecule has 3 atom stereocenters. The van der Waals surface area contributed by atoms with E-state index in [0.29, 0.717) is 19.4 Å². The van der Waals surface area contributed by atoms with E-state index in [1.54, 1.807) is 13.2 Å². The van der Waals surface area contributed by atoms with Gasteiger partial charge in [-0.25, -0.2) is 4.39 Å². The largest absolute Gasteiger partial charge is 0.365 e. The zero-order valence-electron chi connectivity index (χ0n) is 17.4. The molecule has 0 aliphatic carbocycles. The molecule has 1 aromatic carbocycles. The lowest BCUT2D eigenvalue weighted by Gasteiger charge is -2.37. The maximum absolute atomic E-state index is 13.0. The van der Waals surface area contributed by atoms with Crippen molar-refractivity contribution in [1.82, 2.24) is 15.5 Å². The molecule has 0 bridgehead atoms. The van der Waals surface area contributed by atoms with E-state index >= 15 is 0 Å². The van der Waals surface area contributed by atoms with Crippen LogP contribution in [0.5, 0.6) is 0 Å². The molecule has 2 rings (SSSR count). The highest BCUT2D eigenvalue weighted by molar-refractivity contribution is 6.38. The fraction of sp³-hybridized carbons (Fsp3) is 0.455. The molecule has 1 aromatic rings. The summed E-state index contributed by atoms with van der Waals surface area (Å²) in [4.78, 5) is 19.4. The van der Waals surface area contributed by atoms with Crippen LogP contribution in [-0.2, 0) is 16.1 Å². The second-order valence-electron chi connectivity index (χ2n) is 7.11. The van der Waals surface area contributed by atoms with Crippen molar-refractivity contribution < 1.29 is 13.9 Å². The van der Waals surface area contributed by atoms with E-state index in [1.165, 1.54) is 6.08 Å². The van der Waals surface area contributed by atoms with Gasteiger partial charge in [-0.1, -0.05) is 43.3 Å². The van der Waals surface area contributed by atoms with Gasteiger partial charge in [0.15, 0.2) is 5.84 Å². The van der Waals surface area contributed by atoms with Crippen LogP contribution in [0.25, 0.3) is 0 Å². The number of carbonyl (C=O) groups excluding carboxylic acids is 1. The number of aliphatic imine (C=N–C) groups is 1. The molecule has 7 heteroatoms. The molecule has 0 spiro atoms. The highest BCUT2D eigenvalue weighted by atomic mass is 19.1. The first-order valence-corrected chi connectivity index (χ1v) is 9.84. The minimum Gasteiger partial charge on any atom is -0.365 e. The summed E-state index contributed by atoms with van der Waals surface area (Å²) in [6, 6.07) is 9.22. The zero-order chi connectivity index (χ0) is 21.3. The molecule has 0 radical (unpaired) electrons. The highest BCUT2D eigenvalue weighted by Crippen LogP contribution is 2.33. The van der Waals surface area contributed by atoms with E-state index in [2.05, 4.69) is 29.1 Å². The summed E-state index contributed by atoms with van der Waals surface area (Å²) >= 11 is 0. The third kappa shape index (κ3) is 5.52. The maximum atomic E-state index is 13.0. The number of amidine groups is 1. The van der Waals surface area contributed by atoms with E-state index in [9.17, 15) is 9.18 Å². The van der Waals surface area contributed by atoms with Crippen LogP contribution in [-0.4, -0.2) is 54.7 Å². The second-order valence-corrected chi connectivity index (χ2v) is 7.11. The van der Waals surface area contributed by atoms with Crippen LogP contribution in [0.4, 0.5) is 4.39 Å². The van der Waals surface area contributed by atoms with E-state index in [0.717, 1.165) is 18.5 Å². The smallest absolute Gasteiger partial charge is 0.286 e. The minimum atomic E-state index is -0.730. The molecule has 6 nitrogen and oxygen atoms in total. The van der Waals surface area contributed by atoms with Gasteiger partial charge >= 0.3 is 0 Å². The van der Waals surface area contributed by atoms with Gasteiger partial charge in [-0.05, 0) is 31.5 Å². The molecule has 0 fully saturated rings. The molecule has 1 heterocycles. The number of nitrogens with one attached hydrogen (secondary N) is 2. The summed E-state index contributed by atoms with van der Waals surface area (Å²) in [6.45, 7) is 9.41. The number of benzene rings is 1. The number of nitrogens with zero attached hydrogens (tertiary/aromatic N) is 2. The lowest BCUT2D eigenvalue weighted by molar-refractivity contribution is -0.116. The number of hydrogen-bond donors (Lipinski definition) is 2. The van der Waals surface area contributed by atoms with Crippen LogP contribution in [0.3, 0.4) is 0 Å². The molecular weight excluding hydrogens is 371 g/mol. The molecule has 1 amide bonds. The molecule has 1 aliphatic heterocycles. The van der Waals surface area contributed by atoms with Crippen LogP contribution < -0.4 is 10.6 Å². The normalized spacial score (nSPS) is 22.6. The number of hydrogen-bond acceptors (Lipinski definition) is 5. The molecule has 3 unspecified atom stereocenters. The van der Waals surface area contributed by atoms with Crippen LogP contribution in [0, 0.1) is 0 Å². The Morgan fingerprint density at radius 1 is 1.45 bits per heavy atom. The summed E-state index contributed by atoms with van der Waals surface area (Å²) in [7, 11) is 1.59. The molecule has 29 heavy (non-hydrogen) atoms. The van der Waals surface area contributed by atoms with Crippen molar-refractivity contribution in [2.75, 3.05) is 20.2 Å². The topological polar surface area (TPSA) is 66.0 Å². The van der Waals surface area contributed by atoms with Crippen molar-refractivity contribution >= 4 is 11.7 Å². The Morgan fingerprint density at radius 2 is 2.17 bits per heavy atom. The fourth-order valence-electron chi connectivity index (χ4n) is 3.26. The Labute approximate surface area is 172 Å². The van der Waals surface area contributed by atoms with Gasteiger partial charge in [0.25, 0.3) is 5.91 Å². The van der Waals surface area contributed by atoms with Crippen molar-refractivity contribution in [2.45, 2.75) is 44.6 Å². The van der Waals surface area contributed by atoms with Gasteiger partial charge in [0.1, 0.15) is 6.23 Å². The number of carbonyl (C=O) groups is 1. The predicted octanol–water partition coefficient (Wildman–Crippen LogP) is 2.79. The summed E-state index contributed by atoms with van der Waals surface area (Å²) in [5, 5.41) is 6.08. The van der Waals surface area contributed by atoms with E-state index in [4.69, 9.17) is 4.74 Å². The fourth-order valence-corrected chi connectivity index (χ4v) is 3.26. The number of ether oxygens (including phenoxy) is 1. The van der Waals surface area contributed by atoms with Gasteiger partial charge in [-0.2, -0.15) is 0 Å². The third-order valence-corrected chi connectivity index (χ3v) is 5.11. The van der Waals surface area contributed by atoms with Crippen LogP contribution in [0.15, 0.2) is 60.4 Å². The molecule has 0 saturated carbocycles. The van der Waals surface area contributed by atoms with Crippen molar-refractivity contribution in [3.8, 4) is 0 Å². The summed E-state index contributed by atoms with van der Waals surface area (Å²) in [6.07, 6.45) is 4.19. The SMILES string of the molecule is C=CC1(C)C(/C=C/F)N=C(C(=O)NCC(NCCC)OC)N1Cc1ccccc1. The number of rotatable bonds is 11. The summed E-state index contributed by atoms with van der Waals surface area (Å²) in [5.41, 5.74) is 0.289. The highest BCUT2D eigenvalue weighted by Gasteiger charge is 2.45. The summed E-state index contributed by atoms with van der Waals surface area (Å²) in [5.74, 6) is -0.0752. The van der Waals surface area contributed by atoms with E-state index in [1.807, 2.05) is 42.2 Å². The van der Waals surface area contributed by atoms with E-state index < -0.39 is 11.6 Å². The predicted molar refractivity (Wildman–Crippen MR) is 114 cm³/mol. The average molecular weight is 403 g/mol. The Bertz CT molecular complexity index is 738. The Hall–Kier alpha value is -2.51. The Kier molecular flexibility index (Phi) is 8.54. The second kappa shape index (κ2) is 10.9. The lowest BCUT2D eigenvalue weighted by Crippen LogP contribution is -2.53. The Balaban J connectivity index is 2.23. The maximum Gasteiger partial charge on any atom is 0.286 e. The number of halogens is 1. The van der Waals surface area contributed by atoms with Gasteiger partial charge in [0, 0.05) is 13.7 Å². The van der Waals surface area contributed by atoms with Crippen molar-refractivity contribution in [3.63, 3.8) is 0 Å².